The molecular weight excluding hydrogens is 358 g/mol. The van der Waals surface area contributed by atoms with E-state index in [-0.39, 0.29) is 24.1 Å². The number of hydrogen-bond donors (Lipinski definition) is 0. The summed E-state index contributed by atoms with van der Waals surface area (Å²) in [6, 6.07) is 11.4. The van der Waals surface area contributed by atoms with Crippen LogP contribution in [0.1, 0.15) is 24.6 Å². The lowest BCUT2D eigenvalue weighted by molar-refractivity contribution is -0.140. The molecule has 2 aliphatic rings. The zero-order valence-corrected chi connectivity index (χ0v) is 15.6. The molecule has 0 radical (unpaired) electrons. The van der Waals surface area contributed by atoms with Crippen molar-refractivity contribution in [3.8, 4) is 5.75 Å². The topological polar surface area (TPSA) is 82.2 Å². The molecule has 0 bridgehead atoms. The van der Waals surface area contributed by atoms with Crippen LogP contribution in [0.15, 0.2) is 41.2 Å². The third-order valence-corrected chi connectivity index (χ3v) is 5.36. The molecule has 0 unspecified atom stereocenters. The van der Waals surface area contributed by atoms with Crippen molar-refractivity contribution in [2.24, 2.45) is 0 Å². The van der Waals surface area contributed by atoms with Gasteiger partial charge in [0.15, 0.2) is 0 Å². The summed E-state index contributed by atoms with van der Waals surface area (Å²) >= 11 is 0. The highest BCUT2D eigenvalue weighted by atomic mass is 16.5. The second kappa shape index (κ2) is 6.47. The number of pyridine rings is 1. The zero-order valence-electron chi connectivity index (χ0n) is 15.6. The molecular formula is C20H21N5O3. The Balaban J connectivity index is 1.19. The Morgan fingerprint density at radius 2 is 2.00 bits per heavy atom. The number of amides is 1. The maximum Gasteiger partial charge on any atom is 0.254 e. The Morgan fingerprint density at radius 3 is 2.75 bits per heavy atom. The molecule has 8 nitrogen and oxygen atoms in total. The Bertz CT molecular complexity index is 1110. The van der Waals surface area contributed by atoms with Gasteiger partial charge in [0.25, 0.3) is 5.56 Å². The number of aromatic nitrogens is 4. The Morgan fingerprint density at radius 1 is 1.21 bits per heavy atom. The van der Waals surface area contributed by atoms with Crippen molar-refractivity contribution in [1.29, 1.82) is 0 Å². The number of rotatable bonds is 5. The molecule has 3 heterocycles. The summed E-state index contributed by atoms with van der Waals surface area (Å²) in [6.45, 7) is 3.11. The lowest BCUT2D eigenvalue weighted by Gasteiger charge is -2.39. The number of carbonyl (C=O) groups is 1. The Labute approximate surface area is 161 Å². The average Bonchev–Trinajstić information content (AvgIpc) is 3.38. The van der Waals surface area contributed by atoms with Crippen LogP contribution in [0.3, 0.4) is 0 Å². The fraction of sp³-hybridized carbons (Fsp3) is 0.400. The highest BCUT2D eigenvalue weighted by molar-refractivity contribution is 5.80. The maximum atomic E-state index is 12.5. The molecule has 28 heavy (non-hydrogen) atoms. The second-order valence-electron chi connectivity index (χ2n) is 7.55. The molecule has 1 saturated heterocycles. The van der Waals surface area contributed by atoms with Crippen LogP contribution in [-0.2, 0) is 11.3 Å². The third kappa shape index (κ3) is 3.04. The van der Waals surface area contributed by atoms with E-state index in [4.69, 9.17) is 4.74 Å². The molecule has 2 aromatic heterocycles. The third-order valence-electron chi connectivity index (χ3n) is 5.36. The maximum absolute atomic E-state index is 12.5. The van der Waals surface area contributed by atoms with Crippen LogP contribution >= 0.6 is 0 Å². The van der Waals surface area contributed by atoms with Gasteiger partial charge < -0.3 is 14.2 Å². The summed E-state index contributed by atoms with van der Waals surface area (Å²) in [5.41, 5.74) is 2.53. The van der Waals surface area contributed by atoms with Gasteiger partial charge >= 0.3 is 0 Å². The molecule has 0 spiro atoms. The number of para-hydroxylation sites is 1. The van der Waals surface area contributed by atoms with E-state index in [2.05, 4.69) is 10.3 Å². The second-order valence-corrected chi connectivity index (χ2v) is 7.55. The van der Waals surface area contributed by atoms with E-state index in [1.54, 1.807) is 15.6 Å². The van der Waals surface area contributed by atoms with Gasteiger partial charge in [-0.1, -0.05) is 17.3 Å². The Hall–Kier alpha value is -3.16. The summed E-state index contributed by atoms with van der Waals surface area (Å²) < 4.78 is 9.37. The number of fused-ring (bicyclic) bond motifs is 1. The minimum absolute atomic E-state index is 0.0113. The highest BCUT2D eigenvalue weighted by Crippen LogP contribution is 2.35. The van der Waals surface area contributed by atoms with Crippen LogP contribution < -0.4 is 10.3 Å². The van der Waals surface area contributed by atoms with Gasteiger partial charge in [-0.2, -0.15) is 0 Å². The number of aryl methyl sites for hydroxylation is 1. The summed E-state index contributed by atoms with van der Waals surface area (Å²) in [5.74, 6) is 0.564. The van der Waals surface area contributed by atoms with Gasteiger partial charge in [-0.3, -0.25) is 9.59 Å². The van der Waals surface area contributed by atoms with E-state index in [1.807, 2.05) is 41.8 Å². The fourth-order valence-corrected chi connectivity index (χ4v) is 3.72. The molecule has 0 atom stereocenters. The minimum atomic E-state index is -0.0907. The van der Waals surface area contributed by atoms with E-state index >= 15 is 0 Å². The zero-order chi connectivity index (χ0) is 19.3. The van der Waals surface area contributed by atoms with Gasteiger partial charge in [0, 0.05) is 17.8 Å². The van der Waals surface area contributed by atoms with Crippen LogP contribution in [0.25, 0.3) is 11.0 Å². The van der Waals surface area contributed by atoms with Crippen molar-refractivity contribution in [3.63, 3.8) is 0 Å². The molecule has 1 saturated carbocycles. The molecule has 144 valence electrons. The fourth-order valence-electron chi connectivity index (χ4n) is 3.72. The first-order valence-corrected chi connectivity index (χ1v) is 9.54. The lowest BCUT2D eigenvalue weighted by atomic mass is 10.1. The minimum Gasteiger partial charge on any atom is -0.486 e. The summed E-state index contributed by atoms with van der Waals surface area (Å²) in [7, 11) is 0. The van der Waals surface area contributed by atoms with Crippen LogP contribution in [-0.4, -0.2) is 49.6 Å². The number of benzene rings is 1. The van der Waals surface area contributed by atoms with E-state index in [1.165, 1.54) is 0 Å². The first kappa shape index (κ1) is 17.0. The van der Waals surface area contributed by atoms with Gasteiger partial charge in [0.2, 0.25) is 5.91 Å². The van der Waals surface area contributed by atoms with Crippen molar-refractivity contribution in [2.75, 3.05) is 13.1 Å². The predicted octanol–water partition coefficient (Wildman–Crippen LogP) is 1.53. The van der Waals surface area contributed by atoms with Crippen molar-refractivity contribution in [1.82, 2.24) is 24.5 Å². The van der Waals surface area contributed by atoms with Gasteiger partial charge in [0.1, 0.15) is 23.9 Å². The summed E-state index contributed by atoms with van der Waals surface area (Å²) in [5, 5.41) is 8.13. The number of hydrogen-bond acceptors (Lipinski definition) is 5. The molecule has 1 aliphatic carbocycles. The standard InChI is InChI=1S/C20H21N5O3/c1-13-8-15(9-19(26)25(13)14-6-7-14)28-16-10-23(11-16)20(27)12-24-18-5-3-2-4-17(18)21-22-24/h2-5,8-9,14,16H,6-7,10-12H2,1H3. The van der Waals surface area contributed by atoms with E-state index in [0.717, 1.165) is 29.6 Å². The predicted molar refractivity (Wildman–Crippen MR) is 102 cm³/mol. The van der Waals surface area contributed by atoms with Crippen molar-refractivity contribution < 1.29 is 9.53 Å². The largest absolute Gasteiger partial charge is 0.486 e. The van der Waals surface area contributed by atoms with Gasteiger partial charge in [-0.25, -0.2) is 4.68 Å². The molecule has 8 heteroatoms. The molecule has 2 fully saturated rings. The number of likely N-dealkylation sites (tertiary alicyclic amines) is 1. The summed E-state index contributed by atoms with van der Waals surface area (Å²) in [6.07, 6.45) is 2.05. The van der Waals surface area contributed by atoms with E-state index < -0.39 is 0 Å². The van der Waals surface area contributed by atoms with Gasteiger partial charge in [-0.15, -0.1) is 5.10 Å². The van der Waals surface area contributed by atoms with Gasteiger partial charge in [-0.05, 0) is 38.0 Å². The molecule has 5 rings (SSSR count). The van der Waals surface area contributed by atoms with Crippen LogP contribution in [0.2, 0.25) is 0 Å². The average molecular weight is 379 g/mol. The SMILES string of the molecule is Cc1cc(OC2CN(C(=O)Cn3nnc4ccccc43)C2)cc(=O)n1C1CC1. The monoisotopic (exact) mass is 379 g/mol. The molecule has 1 aliphatic heterocycles. The van der Waals surface area contributed by atoms with E-state index in [9.17, 15) is 9.59 Å². The van der Waals surface area contributed by atoms with Crippen molar-refractivity contribution in [3.05, 3.63) is 52.4 Å². The molecule has 1 aromatic carbocycles. The first-order chi connectivity index (χ1) is 13.6. The molecule has 1 amide bonds. The summed E-state index contributed by atoms with van der Waals surface area (Å²) in [4.78, 5) is 26.5. The molecule has 0 N–H and O–H groups in total. The highest BCUT2D eigenvalue weighted by Gasteiger charge is 2.33. The first-order valence-electron chi connectivity index (χ1n) is 9.54. The van der Waals surface area contributed by atoms with Crippen LogP contribution in [0.4, 0.5) is 0 Å². The number of ether oxygens (including phenoxy) is 1. The molecule has 3 aromatic rings. The smallest absolute Gasteiger partial charge is 0.254 e. The quantitative estimate of drug-likeness (QED) is 0.671. The number of nitrogens with zero attached hydrogens (tertiary/aromatic N) is 5. The normalized spacial score (nSPS) is 17.0. The van der Waals surface area contributed by atoms with E-state index in [0.29, 0.717) is 24.9 Å². The lowest BCUT2D eigenvalue weighted by Crippen LogP contribution is -2.57. The van der Waals surface area contributed by atoms with Crippen molar-refractivity contribution in [2.45, 2.75) is 38.5 Å². The number of carbonyl (C=O) groups excluding carboxylic acids is 1. The van der Waals surface area contributed by atoms with Crippen molar-refractivity contribution >= 4 is 16.9 Å². The van der Waals surface area contributed by atoms with Crippen LogP contribution in [0.5, 0.6) is 5.75 Å². The Kier molecular flexibility index (Phi) is 3.92. The van der Waals surface area contributed by atoms with Gasteiger partial charge in [0.05, 0.1) is 18.6 Å². The van der Waals surface area contributed by atoms with Crippen LogP contribution in [0, 0.1) is 6.92 Å².